The third-order valence-electron chi connectivity index (χ3n) is 12.8. The molecule has 8 rings (SSSR count). The molecule has 2 aromatic carbocycles. The SMILES string of the molecule is O=C1CCC(Nc2ccc(C3CCN(CCC4(O)CCN(C(=O)[C@H]5CCC[C@@H](Nc6ncc(F)c(-c7cccc(-n8ccccc8=O)c7)n6)C5)CC4)CC3)c(F)c2)C(=O)N1. The number of carbonyl (C=O) groups is 3. The van der Waals surface area contributed by atoms with Gasteiger partial charge in [0.2, 0.25) is 23.7 Å². The van der Waals surface area contributed by atoms with Crippen molar-refractivity contribution >= 4 is 29.4 Å². The number of pyridine rings is 1. The average Bonchev–Trinajstić information content (AvgIpc) is 3.25. The van der Waals surface area contributed by atoms with Crippen LogP contribution >= 0.6 is 0 Å². The molecule has 316 valence electrons. The predicted octanol–water partition coefficient (Wildman–Crippen LogP) is 5.38. The molecule has 13 nitrogen and oxygen atoms in total. The highest BCUT2D eigenvalue weighted by Gasteiger charge is 2.38. The number of imide groups is 1. The van der Waals surface area contributed by atoms with Gasteiger partial charge in [0.25, 0.3) is 5.56 Å². The molecule has 0 bridgehead atoms. The Morgan fingerprint density at radius 3 is 2.48 bits per heavy atom. The van der Waals surface area contributed by atoms with E-state index in [4.69, 9.17) is 0 Å². The van der Waals surface area contributed by atoms with Gasteiger partial charge in [-0.3, -0.25) is 29.1 Å². The van der Waals surface area contributed by atoms with Crippen molar-refractivity contribution in [3.8, 4) is 16.9 Å². The van der Waals surface area contributed by atoms with E-state index >= 15 is 8.78 Å². The summed E-state index contributed by atoms with van der Waals surface area (Å²) in [5, 5.41) is 20.3. The first-order valence-electron chi connectivity index (χ1n) is 21.2. The quantitative estimate of drug-likeness (QED) is 0.145. The van der Waals surface area contributed by atoms with Crippen molar-refractivity contribution in [2.45, 2.75) is 94.2 Å². The molecule has 4 aliphatic rings. The normalized spacial score (nSPS) is 22.6. The molecule has 1 aliphatic carbocycles. The Morgan fingerprint density at radius 1 is 0.900 bits per heavy atom. The van der Waals surface area contributed by atoms with E-state index in [-0.39, 0.29) is 59.1 Å². The first kappa shape index (κ1) is 41.2. The lowest BCUT2D eigenvalue weighted by atomic mass is 9.83. The number of hydrogen-bond donors (Lipinski definition) is 4. The number of nitrogens with zero attached hydrogens (tertiary/aromatic N) is 5. The van der Waals surface area contributed by atoms with E-state index < -0.39 is 23.4 Å². The Balaban J connectivity index is 0.785. The Bertz CT molecular complexity index is 2270. The number of hydrogen-bond acceptors (Lipinski definition) is 10. The van der Waals surface area contributed by atoms with Crippen LogP contribution in [0.1, 0.15) is 82.1 Å². The van der Waals surface area contributed by atoms with Crippen LogP contribution < -0.4 is 21.5 Å². The lowest BCUT2D eigenvalue weighted by Crippen LogP contribution is -2.50. The fourth-order valence-electron chi connectivity index (χ4n) is 9.28. The molecule has 3 amide bonds. The van der Waals surface area contributed by atoms with Crippen molar-refractivity contribution in [2.75, 3.05) is 43.4 Å². The van der Waals surface area contributed by atoms with Crippen LogP contribution in [0.5, 0.6) is 0 Å². The van der Waals surface area contributed by atoms with Crippen LogP contribution in [0.3, 0.4) is 0 Å². The summed E-state index contributed by atoms with van der Waals surface area (Å²) in [6.07, 6.45) is 9.72. The largest absolute Gasteiger partial charge is 0.390 e. The van der Waals surface area contributed by atoms with Gasteiger partial charge in [-0.25, -0.2) is 18.7 Å². The van der Waals surface area contributed by atoms with Crippen LogP contribution in [0.4, 0.5) is 20.4 Å². The summed E-state index contributed by atoms with van der Waals surface area (Å²) in [6, 6.07) is 16.3. The monoisotopic (exact) mass is 822 g/mol. The van der Waals surface area contributed by atoms with Crippen molar-refractivity contribution in [2.24, 2.45) is 5.92 Å². The molecule has 1 saturated carbocycles. The van der Waals surface area contributed by atoms with Crippen LogP contribution in [0.15, 0.2) is 77.9 Å². The summed E-state index contributed by atoms with van der Waals surface area (Å²) in [5.74, 6) is -1.28. The number of nitrogens with one attached hydrogen (secondary N) is 3. The van der Waals surface area contributed by atoms with E-state index in [9.17, 15) is 24.3 Å². The van der Waals surface area contributed by atoms with Crippen LogP contribution in [-0.4, -0.2) is 97.6 Å². The maximum absolute atomic E-state index is 15.2. The zero-order chi connectivity index (χ0) is 41.8. The average molecular weight is 823 g/mol. The molecule has 5 heterocycles. The summed E-state index contributed by atoms with van der Waals surface area (Å²) in [4.78, 5) is 62.7. The highest BCUT2D eigenvalue weighted by molar-refractivity contribution is 6.01. The fraction of sp³-hybridized carbons (Fsp3) is 0.467. The van der Waals surface area contributed by atoms with E-state index in [1.807, 2.05) is 4.90 Å². The summed E-state index contributed by atoms with van der Waals surface area (Å²) in [5.41, 5.74) is 1.35. The minimum atomic E-state index is -0.851. The number of aliphatic hydroxyl groups is 1. The molecule has 4 aromatic rings. The molecule has 4 N–H and O–H groups in total. The molecule has 3 atom stereocenters. The van der Waals surface area contributed by atoms with Gasteiger partial charge < -0.3 is 25.5 Å². The molecule has 2 aromatic heterocycles. The van der Waals surface area contributed by atoms with Crippen LogP contribution in [0, 0.1) is 17.6 Å². The molecular weight excluding hydrogens is 771 g/mol. The summed E-state index contributed by atoms with van der Waals surface area (Å²) >= 11 is 0. The van der Waals surface area contributed by atoms with E-state index in [1.54, 1.807) is 54.7 Å². The van der Waals surface area contributed by atoms with E-state index in [2.05, 4.69) is 30.8 Å². The van der Waals surface area contributed by atoms with Gasteiger partial charge >= 0.3 is 0 Å². The van der Waals surface area contributed by atoms with Gasteiger partial charge in [-0.1, -0.05) is 30.7 Å². The van der Waals surface area contributed by atoms with Gasteiger partial charge in [0.1, 0.15) is 17.6 Å². The molecular formula is C45H52F2N8O5. The van der Waals surface area contributed by atoms with Crippen molar-refractivity contribution in [1.29, 1.82) is 0 Å². The summed E-state index contributed by atoms with van der Waals surface area (Å²) in [6.45, 7) is 3.32. The van der Waals surface area contributed by atoms with Crippen molar-refractivity contribution in [3.63, 3.8) is 0 Å². The lowest BCUT2D eigenvalue weighted by molar-refractivity contribution is -0.141. The molecule has 4 fully saturated rings. The Morgan fingerprint density at radius 2 is 1.72 bits per heavy atom. The Hall–Kier alpha value is -5.54. The van der Waals surface area contributed by atoms with Gasteiger partial charge in [0.15, 0.2) is 5.82 Å². The third-order valence-corrected chi connectivity index (χ3v) is 12.8. The van der Waals surface area contributed by atoms with Crippen LogP contribution in [-0.2, 0) is 14.4 Å². The first-order valence-corrected chi connectivity index (χ1v) is 21.2. The van der Waals surface area contributed by atoms with E-state index in [0.29, 0.717) is 67.7 Å². The zero-order valence-electron chi connectivity index (χ0n) is 33.6. The van der Waals surface area contributed by atoms with Gasteiger partial charge in [0.05, 0.1) is 11.8 Å². The maximum atomic E-state index is 15.2. The molecule has 0 radical (unpaired) electrons. The van der Waals surface area contributed by atoms with Crippen LogP contribution in [0.2, 0.25) is 0 Å². The van der Waals surface area contributed by atoms with Gasteiger partial charge in [-0.15, -0.1) is 0 Å². The topological polar surface area (TPSA) is 162 Å². The number of rotatable bonds is 11. The highest BCUT2D eigenvalue weighted by atomic mass is 19.1. The molecule has 3 aliphatic heterocycles. The maximum Gasteiger partial charge on any atom is 0.255 e. The second kappa shape index (κ2) is 18.0. The number of aromatic nitrogens is 3. The smallest absolute Gasteiger partial charge is 0.255 e. The number of halogens is 2. The second-order valence-electron chi connectivity index (χ2n) is 16.9. The highest BCUT2D eigenvalue weighted by Crippen LogP contribution is 2.35. The third kappa shape index (κ3) is 9.57. The van der Waals surface area contributed by atoms with Gasteiger partial charge in [0, 0.05) is 67.2 Å². The van der Waals surface area contributed by atoms with Crippen molar-refractivity contribution < 1.29 is 28.3 Å². The van der Waals surface area contributed by atoms with Gasteiger partial charge in [-0.05, 0) is 113 Å². The number of piperidine rings is 3. The molecule has 15 heteroatoms. The van der Waals surface area contributed by atoms with Crippen LogP contribution in [0.25, 0.3) is 16.9 Å². The number of likely N-dealkylation sites (tertiary alicyclic amines) is 2. The predicted molar refractivity (Wildman–Crippen MR) is 222 cm³/mol. The molecule has 0 spiro atoms. The van der Waals surface area contributed by atoms with E-state index in [0.717, 1.165) is 57.9 Å². The Labute approximate surface area is 347 Å². The lowest BCUT2D eigenvalue weighted by Gasteiger charge is -2.42. The molecule has 3 saturated heterocycles. The standard InChI is InChI=1S/C45H52F2N8O5/c46-36-27-33(49-38-12-13-39(56)51-42(38)58)10-11-35(36)29-14-20-53(21-15-29)22-16-45(60)17-23-54(24-18-45)43(59)31-6-3-7-32(25-31)50-44-48-28-37(47)41(52-44)30-5-4-8-34(26-30)55-19-2-1-9-40(55)57/h1-2,4-5,8-11,19,26-29,31-32,38,49,60H,3,6-7,12-18,20-25H2,(H,48,50,52)(H,51,56,58)/t31-,32+,38?/m0/s1. The first-order chi connectivity index (χ1) is 29.0. The summed E-state index contributed by atoms with van der Waals surface area (Å²) in [7, 11) is 0. The number of amides is 3. The van der Waals surface area contributed by atoms with Crippen molar-refractivity contribution in [3.05, 3.63) is 101 Å². The van der Waals surface area contributed by atoms with E-state index in [1.165, 1.54) is 16.7 Å². The van der Waals surface area contributed by atoms with Gasteiger partial charge in [-0.2, -0.15) is 0 Å². The minimum absolute atomic E-state index is 0.0658. The number of benzene rings is 2. The number of anilines is 2. The second-order valence-corrected chi connectivity index (χ2v) is 16.9. The number of carbonyl (C=O) groups excluding carboxylic acids is 3. The molecule has 60 heavy (non-hydrogen) atoms. The molecule has 1 unspecified atom stereocenters. The minimum Gasteiger partial charge on any atom is -0.390 e. The fourth-order valence-corrected chi connectivity index (χ4v) is 9.28. The summed E-state index contributed by atoms with van der Waals surface area (Å²) < 4.78 is 31.8. The zero-order valence-corrected chi connectivity index (χ0v) is 33.6. The Kier molecular flexibility index (Phi) is 12.3. The van der Waals surface area contributed by atoms with Crippen molar-refractivity contribution in [1.82, 2.24) is 29.7 Å².